The van der Waals surface area contributed by atoms with Crippen LogP contribution in [-0.2, 0) is 49.2 Å². The summed E-state index contributed by atoms with van der Waals surface area (Å²) in [5.41, 5.74) is 6.92. The minimum absolute atomic E-state index is 0.00598. The van der Waals surface area contributed by atoms with Crippen LogP contribution in [0.3, 0.4) is 0 Å². The summed E-state index contributed by atoms with van der Waals surface area (Å²) in [6, 6.07) is 50.4. The van der Waals surface area contributed by atoms with E-state index in [2.05, 4.69) is 59.3 Å². The van der Waals surface area contributed by atoms with Gasteiger partial charge in [0.15, 0.2) is 0 Å². The Morgan fingerprint density at radius 3 is 1.60 bits per heavy atom. The van der Waals surface area contributed by atoms with Gasteiger partial charge in [0.1, 0.15) is 36.1 Å². The van der Waals surface area contributed by atoms with Crippen LogP contribution in [0.4, 0.5) is 0 Å². The Bertz CT molecular complexity index is 2100. The van der Waals surface area contributed by atoms with Crippen LogP contribution in [0.1, 0.15) is 46.2 Å². The average molecular weight is 737 g/mol. The number of methoxy groups -OCH3 is 3. The molecule has 0 unspecified atom stereocenters. The number of carbonyl (C=O) groups excluding carboxylic acids is 2. The zero-order chi connectivity index (χ0) is 38.5. The van der Waals surface area contributed by atoms with E-state index in [1.807, 2.05) is 97.1 Å². The predicted octanol–water partition coefficient (Wildman–Crippen LogP) is 9.45. The number of carbonyl (C=O) groups is 2. The zero-order valence-corrected chi connectivity index (χ0v) is 31.2. The first-order valence-corrected chi connectivity index (χ1v) is 18.0. The van der Waals surface area contributed by atoms with Crippen LogP contribution in [0.5, 0.6) is 17.2 Å². The second kappa shape index (κ2) is 18.6. The highest BCUT2D eigenvalue weighted by Crippen LogP contribution is 2.42. The molecule has 0 aliphatic rings. The molecule has 55 heavy (non-hydrogen) atoms. The number of ether oxygens (including phenoxy) is 6. The number of hydrogen-bond acceptors (Lipinski definition) is 8. The molecule has 0 bridgehead atoms. The average Bonchev–Trinajstić information content (AvgIpc) is 3.25. The van der Waals surface area contributed by atoms with Crippen molar-refractivity contribution in [1.82, 2.24) is 0 Å². The molecule has 0 aliphatic heterocycles. The van der Waals surface area contributed by atoms with E-state index in [9.17, 15) is 9.59 Å². The molecule has 6 aromatic carbocycles. The van der Waals surface area contributed by atoms with Crippen molar-refractivity contribution in [3.63, 3.8) is 0 Å². The molecule has 6 aromatic rings. The number of esters is 2. The molecule has 8 heteroatoms. The van der Waals surface area contributed by atoms with Crippen molar-refractivity contribution < 1.29 is 38.0 Å². The molecule has 0 aromatic heterocycles. The van der Waals surface area contributed by atoms with Crippen LogP contribution in [0.25, 0.3) is 11.1 Å². The minimum atomic E-state index is -0.926. The molecule has 280 valence electrons. The fraction of sp³-hybridized carbons (Fsp3) is 0.191. The maximum Gasteiger partial charge on any atom is 0.306 e. The summed E-state index contributed by atoms with van der Waals surface area (Å²) in [5, 5.41) is 0. The number of benzene rings is 6. The van der Waals surface area contributed by atoms with Gasteiger partial charge in [-0.15, -0.1) is 0 Å². The van der Waals surface area contributed by atoms with Crippen molar-refractivity contribution in [3.05, 3.63) is 185 Å². The number of rotatable bonds is 17. The fourth-order valence-corrected chi connectivity index (χ4v) is 6.37. The van der Waals surface area contributed by atoms with Gasteiger partial charge in [-0.1, -0.05) is 103 Å². The monoisotopic (exact) mass is 736 g/mol. The zero-order valence-electron chi connectivity index (χ0n) is 31.2. The van der Waals surface area contributed by atoms with Crippen LogP contribution in [0.2, 0.25) is 0 Å². The third-order valence-electron chi connectivity index (χ3n) is 9.30. The fourth-order valence-electron chi connectivity index (χ4n) is 6.37. The van der Waals surface area contributed by atoms with Crippen molar-refractivity contribution in [2.45, 2.75) is 38.3 Å². The summed E-state index contributed by atoms with van der Waals surface area (Å²) >= 11 is 0. The first-order chi connectivity index (χ1) is 26.9. The quantitative estimate of drug-likeness (QED) is 0.0676. The lowest BCUT2D eigenvalue weighted by Gasteiger charge is -2.36. The molecule has 0 spiro atoms. The van der Waals surface area contributed by atoms with Gasteiger partial charge in [0, 0.05) is 0 Å². The number of hydrogen-bond donors (Lipinski definition) is 0. The summed E-state index contributed by atoms with van der Waals surface area (Å²) in [5.74, 6) is 1.37. The molecular formula is C47H44O8. The maximum atomic E-state index is 12.0. The van der Waals surface area contributed by atoms with Gasteiger partial charge >= 0.3 is 11.9 Å². The van der Waals surface area contributed by atoms with Gasteiger partial charge in [-0.3, -0.25) is 9.59 Å². The van der Waals surface area contributed by atoms with Gasteiger partial charge in [0.25, 0.3) is 0 Å². The Morgan fingerprint density at radius 2 is 1.00 bits per heavy atom. The standard InChI is InChI=1S/C47H44O8/c1-50-42-23-17-40(18-24-42)47(39-13-5-4-6-14-39,41-19-25-43(51-2)26-20-41)55-33-36-11-8-12-38(30-36)37-15-21-44(22-16-37)53-31-34-9-7-10-35(29-34)32-54-46(49)28-27-45(48)52-3/h4-26,29-30H,27-28,31-33H2,1-3H3. The van der Waals surface area contributed by atoms with Crippen LogP contribution in [0.15, 0.2) is 152 Å². The van der Waals surface area contributed by atoms with Crippen molar-refractivity contribution in [1.29, 1.82) is 0 Å². The second-order valence-corrected chi connectivity index (χ2v) is 12.9. The smallest absolute Gasteiger partial charge is 0.306 e. The molecule has 0 saturated heterocycles. The van der Waals surface area contributed by atoms with Gasteiger partial charge in [0.2, 0.25) is 0 Å². The molecule has 0 radical (unpaired) electrons. The van der Waals surface area contributed by atoms with Gasteiger partial charge in [-0.2, -0.15) is 0 Å². The normalized spacial score (nSPS) is 11.0. The first kappa shape index (κ1) is 38.3. The van der Waals surface area contributed by atoms with Crippen molar-refractivity contribution >= 4 is 11.9 Å². The van der Waals surface area contributed by atoms with E-state index < -0.39 is 17.5 Å². The minimum Gasteiger partial charge on any atom is -0.497 e. The summed E-state index contributed by atoms with van der Waals surface area (Å²) in [7, 11) is 4.62. The maximum absolute atomic E-state index is 12.0. The van der Waals surface area contributed by atoms with E-state index in [-0.39, 0.29) is 19.4 Å². The Kier molecular flexibility index (Phi) is 13.0. The highest BCUT2D eigenvalue weighted by Gasteiger charge is 2.38. The van der Waals surface area contributed by atoms with E-state index in [0.29, 0.717) is 13.2 Å². The third-order valence-corrected chi connectivity index (χ3v) is 9.30. The van der Waals surface area contributed by atoms with E-state index in [1.54, 1.807) is 14.2 Å². The molecule has 0 amide bonds. The summed E-state index contributed by atoms with van der Waals surface area (Å²) in [6.45, 7) is 0.804. The Balaban J connectivity index is 1.15. The third kappa shape index (κ3) is 9.79. The Hall–Kier alpha value is -6.38. The highest BCUT2D eigenvalue weighted by molar-refractivity contribution is 5.77. The van der Waals surface area contributed by atoms with E-state index in [1.165, 1.54) is 7.11 Å². The molecule has 0 N–H and O–H groups in total. The second-order valence-electron chi connectivity index (χ2n) is 12.9. The van der Waals surface area contributed by atoms with Gasteiger partial charge in [-0.05, 0) is 93.0 Å². The summed E-state index contributed by atoms with van der Waals surface area (Å²) in [6.07, 6.45) is -0.0261. The molecule has 0 fully saturated rings. The van der Waals surface area contributed by atoms with E-state index in [4.69, 9.17) is 23.7 Å². The van der Waals surface area contributed by atoms with Gasteiger partial charge in [-0.25, -0.2) is 0 Å². The van der Waals surface area contributed by atoms with Gasteiger partial charge in [0.05, 0.1) is 40.8 Å². The topological polar surface area (TPSA) is 89.5 Å². The SMILES string of the molecule is COC(=O)CCC(=O)OCc1cccc(COc2ccc(-c3cccc(COC(c4ccccc4)(c4ccc(OC)cc4)c4ccc(OC)cc4)c3)cc2)c1. The van der Waals surface area contributed by atoms with E-state index in [0.717, 1.165) is 61.8 Å². The van der Waals surface area contributed by atoms with Crippen LogP contribution in [-0.4, -0.2) is 33.3 Å². The highest BCUT2D eigenvalue weighted by atomic mass is 16.5. The summed E-state index contributed by atoms with van der Waals surface area (Å²) in [4.78, 5) is 23.3. The largest absolute Gasteiger partial charge is 0.497 e. The molecule has 0 aliphatic carbocycles. The van der Waals surface area contributed by atoms with E-state index >= 15 is 0 Å². The lowest BCUT2D eigenvalue weighted by molar-refractivity contribution is -0.149. The Morgan fingerprint density at radius 1 is 0.473 bits per heavy atom. The molecule has 8 nitrogen and oxygen atoms in total. The Labute approximate surface area is 322 Å². The molecule has 6 rings (SSSR count). The first-order valence-electron chi connectivity index (χ1n) is 18.0. The van der Waals surface area contributed by atoms with Crippen LogP contribution >= 0.6 is 0 Å². The van der Waals surface area contributed by atoms with Crippen molar-refractivity contribution in [2.75, 3.05) is 21.3 Å². The van der Waals surface area contributed by atoms with Crippen LogP contribution < -0.4 is 14.2 Å². The lowest BCUT2D eigenvalue weighted by Crippen LogP contribution is -2.32. The van der Waals surface area contributed by atoms with Gasteiger partial charge < -0.3 is 28.4 Å². The molecule has 0 atom stereocenters. The molecule has 0 saturated carbocycles. The van der Waals surface area contributed by atoms with Crippen LogP contribution in [0, 0.1) is 0 Å². The lowest BCUT2D eigenvalue weighted by atomic mass is 9.80. The molecular weight excluding hydrogens is 693 g/mol. The van der Waals surface area contributed by atoms with Crippen molar-refractivity contribution in [2.24, 2.45) is 0 Å². The summed E-state index contributed by atoms with van der Waals surface area (Å²) < 4.78 is 34.1. The molecule has 0 heterocycles. The predicted molar refractivity (Wildman–Crippen MR) is 211 cm³/mol. The van der Waals surface area contributed by atoms with Crippen molar-refractivity contribution in [3.8, 4) is 28.4 Å².